The number of halogens is 2. The number of carbonyl (C=O) groups is 1. The van der Waals surface area contributed by atoms with Crippen LogP contribution in [0.25, 0.3) is 0 Å². The number of rotatable bonds is 7. The van der Waals surface area contributed by atoms with E-state index in [1.807, 2.05) is 42.5 Å². The van der Waals surface area contributed by atoms with Crippen LogP contribution < -0.4 is 9.62 Å². The highest BCUT2D eigenvalue weighted by molar-refractivity contribution is 7.99. The summed E-state index contributed by atoms with van der Waals surface area (Å²) in [5.41, 5.74) is 0.364. The van der Waals surface area contributed by atoms with Gasteiger partial charge in [0.2, 0.25) is 15.9 Å². The fraction of sp³-hybridized carbons (Fsp3) is 0.136. The van der Waals surface area contributed by atoms with Gasteiger partial charge in [-0.3, -0.25) is 9.10 Å². The molecule has 1 atom stereocenters. The van der Waals surface area contributed by atoms with Gasteiger partial charge in [0.25, 0.3) is 0 Å². The second-order valence-electron chi connectivity index (χ2n) is 6.73. The molecule has 0 unspecified atom stereocenters. The van der Waals surface area contributed by atoms with Crippen molar-refractivity contribution >= 4 is 39.1 Å². The van der Waals surface area contributed by atoms with Crippen LogP contribution in [0.4, 0.5) is 20.2 Å². The summed E-state index contributed by atoms with van der Waals surface area (Å²) in [5, 5.41) is 2.75. The minimum absolute atomic E-state index is 0.143. The van der Waals surface area contributed by atoms with Crippen molar-refractivity contribution in [1.82, 2.24) is 0 Å². The van der Waals surface area contributed by atoms with E-state index in [1.165, 1.54) is 18.7 Å². The van der Waals surface area contributed by atoms with E-state index >= 15 is 0 Å². The van der Waals surface area contributed by atoms with Gasteiger partial charge in [-0.05, 0) is 43.3 Å². The SMILES string of the molecule is C[C@H](C(=O)Nc1ccccc1Sc1ccccc1)N(c1ccc(F)c(F)c1)S(C)(=O)=O. The van der Waals surface area contributed by atoms with Crippen molar-refractivity contribution in [3.8, 4) is 0 Å². The molecule has 0 aliphatic carbocycles. The van der Waals surface area contributed by atoms with Crippen molar-refractivity contribution in [2.45, 2.75) is 22.8 Å². The maximum absolute atomic E-state index is 13.7. The quantitative estimate of drug-likeness (QED) is 0.542. The first-order chi connectivity index (χ1) is 14.7. The van der Waals surface area contributed by atoms with Gasteiger partial charge in [0.15, 0.2) is 11.6 Å². The summed E-state index contributed by atoms with van der Waals surface area (Å²) < 4.78 is 52.5. The number of nitrogens with zero attached hydrogens (tertiary/aromatic N) is 1. The zero-order chi connectivity index (χ0) is 22.6. The summed E-state index contributed by atoms with van der Waals surface area (Å²) in [6, 6.07) is 18.1. The molecule has 1 N–H and O–H groups in total. The Morgan fingerprint density at radius 1 is 0.968 bits per heavy atom. The zero-order valence-electron chi connectivity index (χ0n) is 16.7. The molecule has 0 spiro atoms. The molecule has 1 amide bonds. The fourth-order valence-electron chi connectivity index (χ4n) is 2.94. The van der Waals surface area contributed by atoms with E-state index < -0.39 is 33.6 Å². The van der Waals surface area contributed by atoms with Crippen molar-refractivity contribution in [3.63, 3.8) is 0 Å². The molecule has 0 radical (unpaired) electrons. The molecule has 0 saturated carbocycles. The molecule has 3 rings (SSSR count). The zero-order valence-corrected chi connectivity index (χ0v) is 18.4. The summed E-state index contributed by atoms with van der Waals surface area (Å²) in [4.78, 5) is 14.7. The van der Waals surface area contributed by atoms with Gasteiger partial charge >= 0.3 is 0 Å². The van der Waals surface area contributed by atoms with Crippen LogP contribution in [0.5, 0.6) is 0 Å². The Morgan fingerprint density at radius 3 is 2.26 bits per heavy atom. The van der Waals surface area contributed by atoms with E-state index in [2.05, 4.69) is 5.32 Å². The maximum Gasteiger partial charge on any atom is 0.248 e. The molecule has 0 fully saturated rings. The molecule has 0 aliphatic heterocycles. The summed E-state index contributed by atoms with van der Waals surface area (Å²) >= 11 is 1.44. The van der Waals surface area contributed by atoms with Crippen LogP contribution in [0.15, 0.2) is 82.6 Å². The standard InChI is InChI=1S/C22H20F2N2O3S2/c1-15(26(31(2,28)29)16-12-13-18(23)19(24)14-16)22(27)25-20-10-6-7-11-21(20)30-17-8-4-3-5-9-17/h3-15H,1-2H3,(H,25,27)/t15-/m1/s1. The molecule has 3 aromatic rings. The predicted octanol–water partition coefficient (Wildman–Crippen LogP) is 4.91. The Balaban J connectivity index is 1.87. The number of para-hydroxylation sites is 1. The van der Waals surface area contributed by atoms with Gasteiger partial charge < -0.3 is 5.32 Å². The lowest BCUT2D eigenvalue weighted by atomic mass is 10.2. The average molecular weight is 463 g/mol. The smallest absolute Gasteiger partial charge is 0.248 e. The number of nitrogens with one attached hydrogen (secondary N) is 1. The van der Waals surface area contributed by atoms with Crippen molar-refractivity contribution in [3.05, 3.63) is 84.4 Å². The van der Waals surface area contributed by atoms with Crippen LogP contribution in [0, 0.1) is 11.6 Å². The third-order valence-corrected chi connectivity index (χ3v) is 6.69. The average Bonchev–Trinajstić information content (AvgIpc) is 2.72. The van der Waals surface area contributed by atoms with Crippen LogP contribution >= 0.6 is 11.8 Å². The monoisotopic (exact) mass is 462 g/mol. The molecule has 31 heavy (non-hydrogen) atoms. The fourth-order valence-corrected chi connectivity index (χ4v) is 5.03. The molecule has 0 aromatic heterocycles. The molecule has 0 saturated heterocycles. The minimum Gasteiger partial charge on any atom is -0.323 e. The van der Waals surface area contributed by atoms with Crippen molar-refractivity contribution in [2.75, 3.05) is 15.9 Å². The van der Waals surface area contributed by atoms with Crippen LogP contribution in [0.2, 0.25) is 0 Å². The molecule has 162 valence electrons. The first-order valence-corrected chi connectivity index (χ1v) is 11.9. The molecule has 0 heterocycles. The van der Waals surface area contributed by atoms with E-state index in [1.54, 1.807) is 12.1 Å². The van der Waals surface area contributed by atoms with Crippen LogP contribution in [0.3, 0.4) is 0 Å². The molecular formula is C22H20F2N2O3S2. The minimum atomic E-state index is -3.96. The third kappa shape index (κ3) is 5.62. The summed E-state index contributed by atoms with van der Waals surface area (Å²) in [5.74, 6) is -2.93. The third-order valence-electron chi connectivity index (χ3n) is 4.36. The van der Waals surface area contributed by atoms with E-state index in [0.29, 0.717) is 5.69 Å². The predicted molar refractivity (Wildman–Crippen MR) is 119 cm³/mol. The Morgan fingerprint density at radius 2 is 1.61 bits per heavy atom. The maximum atomic E-state index is 13.7. The lowest BCUT2D eigenvalue weighted by Gasteiger charge is -2.28. The van der Waals surface area contributed by atoms with Crippen molar-refractivity contribution in [1.29, 1.82) is 0 Å². The first kappa shape index (κ1) is 22.8. The van der Waals surface area contributed by atoms with Crippen LogP contribution in [-0.2, 0) is 14.8 Å². The Hall–Kier alpha value is -2.91. The van der Waals surface area contributed by atoms with Gasteiger partial charge in [-0.25, -0.2) is 17.2 Å². The molecule has 3 aromatic carbocycles. The summed E-state index contributed by atoms with van der Waals surface area (Å²) in [6.07, 6.45) is 0.900. The van der Waals surface area contributed by atoms with Gasteiger partial charge in [0.05, 0.1) is 17.6 Å². The summed E-state index contributed by atoms with van der Waals surface area (Å²) in [6.45, 7) is 1.38. The number of sulfonamides is 1. The van der Waals surface area contributed by atoms with E-state index in [9.17, 15) is 22.0 Å². The Kier molecular flexibility index (Phi) is 6.97. The number of carbonyl (C=O) groups excluding carboxylic acids is 1. The second kappa shape index (κ2) is 9.49. The lowest BCUT2D eigenvalue weighted by molar-refractivity contribution is -0.116. The van der Waals surface area contributed by atoms with Gasteiger partial charge in [-0.2, -0.15) is 0 Å². The van der Waals surface area contributed by atoms with E-state index in [0.717, 1.165) is 38.6 Å². The summed E-state index contributed by atoms with van der Waals surface area (Å²) in [7, 11) is -3.96. The highest BCUT2D eigenvalue weighted by Crippen LogP contribution is 2.33. The highest BCUT2D eigenvalue weighted by Gasteiger charge is 2.30. The molecule has 5 nitrogen and oxygen atoms in total. The molecule has 9 heteroatoms. The van der Waals surface area contributed by atoms with Gasteiger partial charge in [-0.1, -0.05) is 42.1 Å². The topological polar surface area (TPSA) is 66.5 Å². The molecular weight excluding hydrogens is 442 g/mol. The van der Waals surface area contributed by atoms with Gasteiger partial charge in [0.1, 0.15) is 6.04 Å². The van der Waals surface area contributed by atoms with Gasteiger partial charge in [0, 0.05) is 15.9 Å². The normalized spacial score (nSPS) is 12.3. The number of benzene rings is 3. The molecule has 0 aliphatic rings. The Labute approximate surface area is 184 Å². The number of amides is 1. The lowest BCUT2D eigenvalue weighted by Crippen LogP contribution is -2.45. The van der Waals surface area contributed by atoms with Crippen LogP contribution in [0.1, 0.15) is 6.92 Å². The van der Waals surface area contributed by atoms with E-state index in [-0.39, 0.29) is 5.69 Å². The number of hydrogen-bond acceptors (Lipinski definition) is 4. The molecule has 0 bridgehead atoms. The van der Waals surface area contributed by atoms with E-state index in [4.69, 9.17) is 0 Å². The van der Waals surface area contributed by atoms with Crippen LogP contribution in [-0.4, -0.2) is 26.6 Å². The van der Waals surface area contributed by atoms with Crippen molar-refractivity contribution in [2.24, 2.45) is 0 Å². The first-order valence-electron chi connectivity index (χ1n) is 9.24. The van der Waals surface area contributed by atoms with Gasteiger partial charge in [-0.15, -0.1) is 0 Å². The van der Waals surface area contributed by atoms with Crippen molar-refractivity contribution < 1.29 is 22.0 Å². The Bertz CT molecular complexity index is 1190. The second-order valence-corrected chi connectivity index (χ2v) is 9.71. The largest absolute Gasteiger partial charge is 0.323 e. The number of anilines is 2. The number of hydrogen-bond donors (Lipinski definition) is 1. The highest BCUT2D eigenvalue weighted by atomic mass is 32.2.